The molecule has 6 nitrogen and oxygen atoms in total. The summed E-state index contributed by atoms with van der Waals surface area (Å²) in [5.41, 5.74) is 3.81. The molecule has 0 atom stereocenters. The van der Waals surface area contributed by atoms with Crippen molar-refractivity contribution >= 4 is 67.6 Å². The molecule has 0 aliphatic carbocycles. The Morgan fingerprint density at radius 1 is 1.03 bits per heavy atom. The third kappa shape index (κ3) is 4.86. The number of aromatic nitrogens is 3. The van der Waals surface area contributed by atoms with Crippen LogP contribution in [0.25, 0.3) is 21.3 Å². The maximum atomic E-state index is 13.6. The summed E-state index contributed by atoms with van der Waals surface area (Å²) in [7, 11) is 0. The summed E-state index contributed by atoms with van der Waals surface area (Å²) in [6.45, 7) is 9.38. The van der Waals surface area contributed by atoms with E-state index < -0.39 is 0 Å². The van der Waals surface area contributed by atoms with Gasteiger partial charge in [-0.3, -0.25) is 19.7 Å². The number of halogens is 2. The number of amides is 1. The molecular weight excluding hydrogens is 465 g/mol. The van der Waals surface area contributed by atoms with E-state index in [0.29, 0.717) is 27.8 Å². The van der Waals surface area contributed by atoms with E-state index in [0.717, 1.165) is 40.9 Å². The summed E-state index contributed by atoms with van der Waals surface area (Å²) in [6, 6.07) is 9.28. The minimum atomic E-state index is -0.0949. The van der Waals surface area contributed by atoms with E-state index in [9.17, 15) is 4.79 Å². The first kappa shape index (κ1) is 24.3. The van der Waals surface area contributed by atoms with Crippen LogP contribution in [0.1, 0.15) is 29.8 Å². The maximum Gasteiger partial charge on any atom is 0.260 e. The third-order valence-corrected chi connectivity index (χ3v) is 6.92. The number of aryl methyl sites for hydroxylation is 1. The fourth-order valence-electron chi connectivity index (χ4n) is 3.52. The van der Waals surface area contributed by atoms with E-state index >= 15 is 0 Å². The Morgan fingerprint density at radius 2 is 1.75 bits per heavy atom. The second-order valence-corrected chi connectivity index (χ2v) is 8.68. The molecule has 32 heavy (non-hydrogen) atoms. The minimum Gasteiger partial charge on any atom is -0.302 e. The number of hydrogen-bond acceptors (Lipinski definition) is 6. The Bertz CT molecular complexity index is 1240. The summed E-state index contributed by atoms with van der Waals surface area (Å²) in [5, 5.41) is 1.36. The van der Waals surface area contributed by atoms with Crippen LogP contribution in [0.15, 0.2) is 42.7 Å². The number of anilines is 1. The summed E-state index contributed by atoms with van der Waals surface area (Å²) < 4.78 is 1.02. The molecule has 2 aromatic carbocycles. The van der Waals surface area contributed by atoms with E-state index in [1.54, 1.807) is 29.4 Å². The van der Waals surface area contributed by atoms with Gasteiger partial charge in [0.05, 0.1) is 21.3 Å². The van der Waals surface area contributed by atoms with Crippen LogP contribution in [0.4, 0.5) is 5.13 Å². The van der Waals surface area contributed by atoms with Crippen molar-refractivity contribution in [3.63, 3.8) is 0 Å². The molecule has 1 amide bonds. The van der Waals surface area contributed by atoms with E-state index in [1.165, 1.54) is 11.3 Å². The second-order valence-electron chi connectivity index (χ2n) is 7.26. The zero-order valence-electron chi connectivity index (χ0n) is 18.2. The quantitative estimate of drug-likeness (QED) is 0.337. The van der Waals surface area contributed by atoms with Crippen molar-refractivity contribution in [1.82, 2.24) is 19.9 Å². The molecular formula is C23H25Cl2N5OS. The second kappa shape index (κ2) is 10.5. The molecule has 0 aliphatic rings. The van der Waals surface area contributed by atoms with Gasteiger partial charge in [-0.05, 0) is 55.9 Å². The number of thiazole rings is 1. The number of likely N-dealkylation sites (N-methyl/N-ethyl adjacent to an activating group) is 1. The minimum absolute atomic E-state index is 0. The molecule has 0 N–H and O–H groups in total. The smallest absolute Gasteiger partial charge is 0.260 e. The highest BCUT2D eigenvalue weighted by molar-refractivity contribution is 7.22. The van der Waals surface area contributed by atoms with Crippen molar-refractivity contribution in [1.29, 1.82) is 0 Å². The number of carbonyl (C=O) groups excluding carboxylic acids is 1. The number of carbonyl (C=O) groups is 1. The molecule has 0 saturated carbocycles. The lowest BCUT2D eigenvalue weighted by atomic mass is 10.1. The van der Waals surface area contributed by atoms with Gasteiger partial charge in [-0.1, -0.05) is 36.8 Å². The van der Waals surface area contributed by atoms with Crippen LogP contribution in [0.5, 0.6) is 0 Å². The van der Waals surface area contributed by atoms with Gasteiger partial charge in [0.1, 0.15) is 0 Å². The highest BCUT2D eigenvalue weighted by atomic mass is 35.5. The predicted octanol–water partition coefficient (Wildman–Crippen LogP) is 5.61. The van der Waals surface area contributed by atoms with Crippen LogP contribution >= 0.6 is 35.3 Å². The highest BCUT2D eigenvalue weighted by Crippen LogP contribution is 2.34. The van der Waals surface area contributed by atoms with Gasteiger partial charge in [0.15, 0.2) is 5.13 Å². The van der Waals surface area contributed by atoms with Gasteiger partial charge in [-0.2, -0.15) is 0 Å². The van der Waals surface area contributed by atoms with E-state index in [2.05, 4.69) is 28.7 Å². The lowest BCUT2D eigenvalue weighted by molar-refractivity contribution is 0.0984. The maximum absolute atomic E-state index is 13.6. The lowest BCUT2D eigenvalue weighted by Crippen LogP contribution is -2.38. The Kier molecular flexibility index (Phi) is 8.00. The largest absolute Gasteiger partial charge is 0.302 e. The van der Waals surface area contributed by atoms with Crippen LogP contribution in [0, 0.1) is 6.92 Å². The van der Waals surface area contributed by atoms with Gasteiger partial charge in [-0.25, -0.2) is 4.98 Å². The van der Waals surface area contributed by atoms with Gasteiger partial charge in [0.2, 0.25) is 0 Å². The molecule has 0 radical (unpaired) electrons. The van der Waals surface area contributed by atoms with Crippen molar-refractivity contribution in [2.24, 2.45) is 0 Å². The average Bonchev–Trinajstić information content (AvgIpc) is 3.23. The van der Waals surface area contributed by atoms with Crippen molar-refractivity contribution < 1.29 is 4.79 Å². The first-order chi connectivity index (χ1) is 15.0. The fraction of sp³-hybridized carbons (Fsp3) is 0.304. The van der Waals surface area contributed by atoms with Crippen molar-refractivity contribution in [3.05, 3.63) is 58.9 Å². The van der Waals surface area contributed by atoms with Crippen molar-refractivity contribution in [2.45, 2.75) is 20.8 Å². The number of hydrogen-bond donors (Lipinski definition) is 0. The normalized spacial score (nSPS) is 11.2. The highest BCUT2D eigenvalue weighted by Gasteiger charge is 2.23. The standard InChI is InChI=1S/C23H24ClN5OS.ClH/c1-4-28(5-2)12-13-29(23-27-21-15(3)17(24)7-9-20(21)31-23)22(30)16-6-8-18-19(14-16)26-11-10-25-18;/h6-11,14H,4-5,12-13H2,1-3H3;1H. The Balaban J connectivity index is 0.00000289. The van der Waals surface area contributed by atoms with Crippen LogP contribution in [-0.4, -0.2) is 51.9 Å². The summed E-state index contributed by atoms with van der Waals surface area (Å²) >= 11 is 7.81. The SMILES string of the molecule is CCN(CC)CCN(C(=O)c1ccc2nccnc2c1)c1nc2c(C)c(Cl)ccc2s1.Cl. The number of benzene rings is 2. The van der Waals surface area contributed by atoms with Gasteiger partial charge < -0.3 is 4.90 Å². The molecule has 2 heterocycles. The van der Waals surface area contributed by atoms with Gasteiger partial charge in [-0.15, -0.1) is 12.4 Å². The first-order valence-corrected chi connectivity index (χ1v) is 11.5. The van der Waals surface area contributed by atoms with Gasteiger partial charge >= 0.3 is 0 Å². The topological polar surface area (TPSA) is 62.2 Å². The lowest BCUT2D eigenvalue weighted by Gasteiger charge is -2.24. The van der Waals surface area contributed by atoms with Crippen molar-refractivity contribution in [3.8, 4) is 0 Å². The molecule has 168 valence electrons. The van der Waals surface area contributed by atoms with E-state index in [1.807, 2.05) is 25.1 Å². The molecule has 4 aromatic rings. The molecule has 0 fully saturated rings. The summed E-state index contributed by atoms with van der Waals surface area (Å²) in [4.78, 5) is 31.1. The average molecular weight is 490 g/mol. The molecule has 0 aliphatic heterocycles. The zero-order valence-corrected chi connectivity index (χ0v) is 20.6. The van der Waals surface area contributed by atoms with Crippen molar-refractivity contribution in [2.75, 3.05) is 31.1 Å². The zero-order chi connectivity index (χ0) is 22.0. The molecule has 0 spiro atoms. The molecule has 0 saturated heterocycles. The molecule has 0 unspecified atom stereocenters. The van der Waals surface area contributed by atoms with E-state index in [-0.39, 0.29) is 18.3 Å². The van der Waals surface area contributed by atoms with E-state index in [4.69, 9.17) is 16.6 Å². The molecule has 4 rings (SSSR count). The molecule has 9 heteroatoms. The summed E-state index contributed by atoms with van der Waals surface area (Å²) in [6.07, 6.45) is 3.28. The Morgan fingerprint density at radius 3 is 2.47 bits per heavy atom. The van der Waals surface area contributed by atoms with Gasteiger partial charge in [0.25, 0.3) is 5.91 Å². The van der Waals surface area contributed by atoms with Crippen LogP contribution in [-0.2, 0) is 0 Å². The predicted molar refractivity (Wildman–Crippen MR) is 136 cm³/mol. The number of rotatable bonds is 7. The van der Waals surface area contributed by atoms with Crippen LogP contribution < -0.4 is 4.90 Å². The number of fused-ring (bicyclic) bond motifs is 2. The van der Waals surface area contributed by atoms with Crippen LogP contribution in [0.2, 0.25) is 5.02 Å². The summed E-state index contributed by atoms with van der Waals surface area (Å²) in [5.74, 6) is -0.0949. The van der Waals surface area contributed by atoms with Gasteiger partial charge in [0, 0.05) is 36.1 Å². The first-order valence-electron chi connectivity index (χ1n) is 10.3. The Hall–Kier alpha value is -2.32. The third-order valence-electron chi connectivity index (χ3n) is 5.46. The Labute approximate surface area is 202 Å². The fourth-order valence-corrected chi connectivity index (χ4v) is 4.72. The monoisotopic (exact) mass is 489 g/mol. The van der Waals surface area contributed by atoms with Crippen LogP contribution in [0.3, 0.4) is 0 Å². The molecule has 0 bridgehead atoms. The number of nitrogens with zero attached hydrogens (tertiary/aromatic N) is 5. The molecule has 2 aromatic heterocycles.